The molecule has 0 saturated carbocycles. The van der Waals surface area contributed by atoms with Gasteiger partial charge in [0.1, 0.15) is 5.69 Å². The van der Waals surface area contributed by atoms with Crippen LogP contribution in [0.1, 0.15) is 27.2 Å². The van der Waals surface area contributed by atoms with Crippen molar-refractivity contribution in [1.82, 2.24) is 4.98 Å². The Kier molecular flexibility index (Phi) is 5.09. The molecular formula is C21H21N3O. The molecule has 0 fully saturated rings. The van der Waals surface area contributed by atoms with E-state index in [1.165, 1.54) is 11.1 Å². The van der Waals surface area contributed by atoms with Crippen molar-refractivity contribution in [3.8, 4) is 0 Å². The fourth-order valence-electron chi connectivity index (χ4n) is 2.54. The molecule has 0 unspecified atom stereocenters. The number of aromatic nitrogens is 1. The molecule has 3 aromatic rings. The number of anilines is 2. The highest BCUT2D eigenvalue weighted by Crippen LogP contribution is 2.15. The molecule has 2 N–H and O–H groups in total. The van der Waals surface area contributed by atoms with Crippen molar-refractivity contribution >= 4 is 17.3 Å². The number of hydrogen-bond donors (Lipinski definition) is 2. The minimum Gasteiger partial charge on any atom is -0.380 e. The van der Waals surface area contributed by atoms with Crippen molar-refractivity contribution in [2.24, 2.45) is 0 Å². The number of aryl methyl sites for hydroxylation is 2. The molecule has 0 radical (unpaired) electrons. The van der Waals surface area contributed by atoms with Crippen LogP contribution in [0.3, 0.4) is 0 Å². The second-order valence-corrected chi connectivity index (χ2v) is 5.98. The van der Waals surface area contributed by atoms with Gasteiger partial charge in [-0.1, -0.05) is 42.5 Å². The van der Waals surface area contributed by atoms with Crippen LogP contribution in [0.25, 0.3) is 0 Å². The first-order valence-corrected chi connectivity index (χ1v) is 8.25. The van der Waals surface area contributed by atoms with Gasteiger partial charge in [-0.15, -0.1) is 0 Å². The van der Waals surface area contributed by atoms with Crippen LogP contribution in [0.15, 0.2) is 66.9 Å². The zero-order valence-electron chi connectivity index (χ0n) is 14.4. The standard InChI is InChI=1S/C21H21N3O/c1-15-7-3-5-9-17(15)13-22-18-11-12-20(23-14-18)21(25)24-19-10-6-4-8-16(19)2/h3-12,14,22H,13H2,1-2H3,(H,24,25). The Morgan fingerprint density at radius 2 is 1.64 bits per heavy atom. The van der Waals surface area contributed by atoms with E-state index < -0.39 is 0 Å². The van der Waals surface area contributed by atoms with Crippen molar-refractivity contribution in [3.05, 3.63) is 89.2 Å². The number of rotatable bonds is 5. The quantitative estimate of drug-likeness (QED) is 0.720. The Bertz CT molecular complexity index is 872. The van der Waals surface area contributed by atoms with E-state index in [-0.39, 0.29) is 5.91 Å². The normalized spacial score (nSPS) is 10.3. The highest BCUT2D eigenvalue weighted by molar-refractivity contribution is 6.03. The number of hydrogen-bond acceptors (Lipinski definition) is 3. The fourth-order valence-corrected chi connectivity index (χ4v) is 2.54. The molecule has 1 amide bonds. The Morgan fingerprint density at radius 3 is 2.32 bits per heavy atom. The number of carbonyl (C=O) groups is 1. The minimum atomic E-state index is -0.209. The van der Waals surface area contributed by atoms with Gasteiger partial charge in [0.2, 0.25) is 0 Å². The van der Waals surface area contributed by atoms with E-state index in [1.807, 2.05) is 49.4 Å². The number of amides is 1. The number of carbonyl (C=O) groups excluding carboxylic acids is 1. The van der Waals surface area contributed by atoms with Crippen molar-refractivity contribution in [3.63, 3.8) is 0 Å². The van der Waals surface area contributed by atoms with E-state index in [4.69, 9.17) is 0 Å². The number of para-hydroxylation sites is 1. The largest absolute Gasteiger partial charge is 0.380 e. The Hall–Kier alpha value is -3.14. The molecule has 0 aliphatic heterocycles. The molecule has 0 aliphatic carbocycles. The van der Waals surface area contributed by atoms with E-state index in [0.717, 1.165) is 23.5 Å². The van der Waals surface area contributed by atoms with Gasteiger partial charge in [-0.25, -0.2) is 4.98 Å². The Balaban J connectivity index is 1.63. The second kappa shape index (κ2) is 7.62. The Morgan fingerprint density at radius 1 is 0.920 bits per heavy atom. The fraction of sp³-hybridized carbons (Fsp3) is 0.143. The van der Waals surface area contributed by atoms with Crippen LogP contribution in [-0.4, -0.2) is 10.9 Å². The minimum absolute atomic E-state index is 0.209. The number of benzene rings is 2. The summed E-state index contributed by atoms with van der Waals surface area (Å²) < 4.78 is 0. The number of pyridine rings is 1. The second-order valence-electron chi connectivity index (χ2n) is 5.98. The molecule has 0 aliphatic rings. The number of nitrogens with zero attached hydrogens (tertiary/aromatic N) is 1. The first-order chi connectivity index (χ1) is 12.1. The summed E-state index contributed by atoms with van der Waals surface area (Å²) in [6.07, 6.45) is 1.69. The molecule has 126 valence electrons. The average Bonchev–Trinajstić information content (AvgIpc) is 2.63. The van der Waals surface area contributed by atoms with Gasteiger partial charge in [-0.2, -0.15) is 0 Å². The molecule has 1 heterocycles. The number of nitrogens with one attached hydrogen (secondary N) is 2. The maximum absolute atomic E-state index is 12.3. The van der Waals surface area contributed by atoms with Gasteiger partial charge in [0.15, 0.2) is 0 Å². The third-order valence-corrected chi connectivity index (χ3v) is 4.13. The van der Waals surface area contributed by atoms with Crippen LogP contribution in [0.4, 0.5) is 11.4 Å². The molecular weight excluding hydrogens is 310 g/mol. The van der Waals surface area contributed by atoms with Gasteiger partial charge in [-0.3, -0.25) is 4.79 Å². The van der Waals surface area contributed by atoms with E-state index in [9.17, 15) is 4.79 Å². The lowest BCUT2D eigenvalue weighted by molar-refractivity contribution is 0.102. The summed E-state index contributed by atoms with van der Waals surface area (Å²) in [6.45, 7) is 4.78. The zero-order valence-corrected chi connectivity index (χ0v) is 14.4. The molecule has 0 saturated heterocycles. The van der Waals surface area contributed by atoms with Crippen LogP contribution < -0.4 is 10.6 Å². The lowest BCUT2D eigenvalue weighted by atomic mass is 10.1. The summed E-state index contributed by atoms with van der Waals surface area (Å²) in [5.41, 5.74) is 5.59. The van der Waals surface area contributed by atoms with Gasteiger partial charge in [-0.05, 0) is 48.7 Å². The van der Waals surface area contributed by atoms with Crippen LogP contribution >= 0.6 is 0 Å². The zero-order chi connectivity index (χ0) is 17.6. The van der Waals surface area contributed by atoms with E-state index in [1.54, 1.807) is 12.3 Å². The van der Waals surface area contributed by atoms with Crippen molar-refractivity contribution in [2.75, 3.05) is 10.6 Å². The molecule has 2 aromatic carbocycles. The molecule has 3 rings (SSSR count). The highest BCUT2D eigenvalue weighted by atomic mass is 16.1. The van der Waals surface area contributed by atoms with E-state index in [2.05, 4.69) is 34.7 Å². The highest BCUT2D eigenvalue weighted by Gasteiger charge is 2.09. The summed E-state index contributed by atoms with van der Waals surface area (Å²) in [7, 11) is 0. The third kappa shape index (κ3) is 4.23. The summed E-state index contributed by atoms with van der Waals surface area (Å²) in [5, 5.41) is 6.22. The molecule has 25 heavy (non-hydrogen) atoms. The topological polar surface area (TPSA) is 54.0 Å². The summed E-state index contributed by atoms with van der Waals surface area (Å²) in [5.74, 6) is -0.209. The van der Waals surface area contributed by atoms with Crippen LogP contribution in [0.2, 0.25) is 0 Å². The third-order valence-electron chi connectivity index (χ3n) is 4.13. The predicted molar refractivity (Wildman–Crippen MR) is 102 cm³/mol. The molecule has 4 nitrogen and oxygen atoms in total. The van der Waals surface area contributed by atoms with Gasteiger partial charge < -0.3 is 10.6 Å². The van der Waals surface area contributed by atoms with Gasteiger partial charge >= 0.3 is 0 Å². The lowest BCUT2D eigenvalue weighted by Gasteiger charge is -2.10. The van der Waals surface area contributed by atoms with Crippen molar-refractivity contribution < 1.29 is 4.79 Å². The molecule has 1 aromatic heterocycles. The molecule has 0 atom stereocenters. The Labute approximate surface area is 147 Å². The van der Waals surface area contributed by atoms with Gasteiger partial charge in [0, 0.05) is 12.2 Å². The maximum Gasteiger partial charge on any atom is 0.274 e. The first kappa shape index (κ1) is 16.7. The lowest BCUT2D eigenvalue weighted by Crippen LogP contribution is -2.14. The van der Waals surface area contributed by atoms with Gasteiger partial charge in [0.25, 0.3) is 5.91 Å². The van der Waals surface area contributed by atoms with E-state index >= 15 is 0 Å². The predicted octanol–water partition coefficient (Wildman–Crippen LogP) is 4.56. The maximum atomic E-state index is 12.3. The molecule has 0 bridgehead atoms. The average molecular weight is 331 g/mol. The van der Waals surface area contributed by atoms with Crippen molar-refractivity contribution in [2.45, 2.75) is 20.4 Å². The van der Waals surface area contributed by atoms with E-state index in [0.29, 0.717) is 5.69 Å². The molecule has 0 spiro atoms. The first-order valence-electron chi connectivity index (χ1n) is 8.25. The molecule has 4 heteroatoms. The SMILES string of the molecule is Cc1ccccc1CNc1ccc(C(=O)Nc2ccccc2C)nc1. The van der Waals surface area contributed by atoms with Crippen LogP contribution in [0, 0.1) is 13.8 Å². The van der Waals surface area contributed by atoms with Gasteiger partial charge in [0.05, 0.1) is 11.9 Å². The van der Waals surface area contributed by atoms with Crippen molar-refractivity contribution in [1.29, 1.82) is 0 Å². The summed E-state index contributed by atoms with van der Waals surface area (Å²) in [6, 6.07) is 19.5. The summed E-state index contributed by atoms with van der Waals surface area (Å²) >= 11 is 0. The van der Waals surface area contributed by atoms with Crippen LogP contribution in [-0.2, 0) is 6.54 Å². The smallest absolute Gasteiger partial charge is 0.274 e. The van der Waals surface area contributed by atoms with Crippen LogP contribution in [0.5, 0.6) is 0 Å². The monoisotopic (exact) mass is 331 g/mol. The summed E-state index contributed by atoms with van der Waals surface area (Å²) in [4.78, 5) is 16.6.